The minimum Gasteiger partial charge on any atom is -0.165 e. The summed E-state index contributed by atoms with van der Waals surface area (Å²) < 4.78 is 2.17. The van der Waals surface area contributed by atoms with Gasteiger partial charge in [0, 0.05) is 24.6 Å². The third-order valence-electron chi connectivity index (χ3n) is 3.61. The Morgan fingerprint density at radius 3 is 2.55 bits per heavy atom. The van der Waals surface area contributed by atoms with E-state index < -0.39 is 0 Å². The lowest BCUT2D eigenvalue weighted by atomic mass is 9.98. The Kier molecular flexibility index (Phi) is 5.11. The third-order valence-corrected chi connectivity index (χ3v) is 3.61. The van der Waals surface area contributed by atoms with Crippen LogP contribution in [0.2, 0.25) is 0 Å². The van der Waals surface area contributed by atoms with Gasteiger partial charge in [-0.2, -0.15) is 4.57 Å². The molecule has 0 fully saturated rings. The zero-order valence-corrected chi connectivity index (χ0v) is 12.6. The van der Waals surface area contributed by atoms with E-state index in [1.807, 2.05) is 6.92 Å². The maximum Gasteiger partial charge on any atom is 0.218 e. The van der Waals surface area contributed by atoms with E-state index in [4.69, 9.17) is 0 Å². The molecule has 1 aromatic heterocycles. The SMILES string of the molecule is C=C(C)[n+]1ccccc1-c1ccccc1CCCCC. The van der Waals surface area contributed by atoms with E-state index in [-0.39, 0.29) is 0 Å². The van der Waals surface area contributed by atoms with Crippen molar-refractivity contribution in [1.82, 2.24) is 0 Å². The van der Waals surface area contributed by atoms with Crippen molar-refractivity contribution in [2.45, 2.75) is 39.5 Å². The lowest BCUT2D eigenvalue weighted by Crippen LogP contribution is -2.32. The molecule has 2 aromatic rings. The van der Waals surface area contributed by atoms with Crippen molar-refractivity contribution in [3.8, 4) is 11.3 Å². The number of rotatable bonds is 6. The van der Waals surface area contributed by atoms with E-state index in [1.54, 1.807) is 0 Å². The minimum atomic E-state index is 1.05. The Labute approximate surface area is 122 Å². The van der Waals surface area contributed by atoms with Gasteiger partial charge in [0.1, 0.15) is 0 Å². The highest BCUT2D eigenvalue weighted by Crippen LogP contribution is 2.23. The van der Waals surface area contributed by atoms with Crippen molar-refractivity contribution in [3.05, 3.63) is 60.8 Å². The summed E-state index contributed by atoms with van der Waals surface area (Å²) in [4.78, 5) is 0. The molecule has 0 N–H and O–H groups in total. The summed E-state index contributed by atoms with van der Waals surface area (Å²) in [7, 11) is 0. The van der Waals surface area contributed by atoms with Gasteiger partial charge in [-0.3, -0.25) is 0 Å². The van der Waals surface area contributed by atoms with Gasteiger partial charge in [-0.1, -0.05) is 38.0 Å². The number of hydrogen-bond donors (Lipinski definition) is 0. The molecule has 0 unspecified atom stereocenters. The van der Waals surface area contributed by atoms with Crippen LogP contribution >= 0.6 is 0 Å². The Balaban J connectivity index is 2.40. The van der Waals surface area contributed by atoms with Crippen LogP contribution in [0.1, 0.15) is 38.7 Å². The van der Waals surface area contributed by atoms with Crippen LogP contribution in [0.4, 0.5) is 0 Å². The maximum atomic E-state index is 4.08. The van der Waals surface area contributed by atoms with Crippen LogP contribution < -0.4 is 4.57 Å². The molecule has 0 aliphatic heterocycles. The van der Waals surface area contributed by atoms with E-state index in [1.165, 1.54) is 36.1 Å². The van der Waals surface area contributed by atoms with E-state index in [9.17, 15) is 0 Å². The number of pyridine rings is 1. The first-order valence-corrected chi connectivity index (χ1v) is 7.49. The van der Waals surface area contributed by atoms with Gasteiger partial charge in [-0.25, -0.2) is 0 Å². The van der Waals surface area contributed by atoms with Gasteiger partial charge >= 0.3 is 0 Å². The Hall–Kier alpha value is -1.89. The summed E-state index contributed by atoms with van der Waals surface area (Å²) in [5.41, 5.74) is 5.03. The summed E-state index contributed by atoms with van der Waals surface area (Å²) in [5.74, 6) is 0. The van der Waals surface area contributed by atoms with E-state index in [2.05, 4.69) is 66.7 Å². The number of unbranched alkanes of at least 4 members (excludes halogenated alkanes) is 2. The monoisotopic (exact) mass is 266 g/mol. The fourth-order valence-electron chi connectivity index (χ4n) is 2.55. The van der Waals surface area contributed by atoms with Crippen molar-refractivity contribution in [2.24, 2.45) is 0 Å². The first-order valence-electron chi connectivity index (χ1n) is 7.49. The quantitative estimate of drug-likeness (QED) is 0.519. The lowest BCUT2D eigenvalue weighted by Gasteiger charge is -2.09. The van der Waals surface area contributed by atoms with Gasteiger partial charge in [-0.05, 0) is 37.1 Å². The molecule has 0 aliphatic rings. The van der Waals surface area contributed by atoms with Crippen LogP contribution in [-0.4, -0.2) is 0 Å². The van der Waals surface area contributed by atoms with Crippen molar-refractivity contribution in [3.63, 3.8) is 0 Å². The average molecular weight is 266 g/mol. The molecule has 2 rings (SSSR count). The highest BCUT2D eigenvalue weighted by Gasteiger charge is 2.15. The first-order chi connectivity index (χ1) is 9.74. The Morgan fingerprint density at radius 2 is 1.80 bits per heavy atom. The molecule has 1 heterocycles. The van der Waals surface area contributed by atoms with Gasteiger partial charge in [0.05, 0.1) is 0 Å². The second-order valence-electron chi connectivity index (χ2n) is 5.31. The molecule has 104 valence electrons. The summed E-state index contributed by atoms with van der Waals surface area (Å²) >= 11 is 0. The highest BCUT2D eigenvalue weighted by molar-refractivity contribution is 5.62. The molecule has 0 radical (unpaired) electrons. The number of nitrogens with zero attached hydrogens (tertiary/aromatic N) is 1. The largest absolute Gasteiger partial charge is 0.218 e. The Bertz CT molecular complexity index is 584. The number of benzene rings is 1. The molecule has 1 aromatic carbocycles. The van der Waals surface area contributed by atoms with Gasteiger partial charge in [0.25, 0.3) is 0 Å². The molecular formula is C19H24N+. The second-order valence-corrected chi connectivity index (χ2v) is 5.31. The van der Waals surface area contributed by atoms with Crippen LogP contribution in [0, 0.1) is 0 Å². The number of aryl methyl sites for hydroxylation is 1. The fraction of sp³-hybridized carbons (Fsp3) is 0.316. The molecule has 0 amide bonds. The molecule has 0 spiro atoms. The van der Waals surface area contributed by atoms with Crippen LogP contribution in [0.25, 0.3) is 17.0 Å². The zero-order chi connectivity index (χ0) is 14.4. The van der Waals surface area contributed by atoms with Gasteiger partial charge in [0.2, 0.25) is 5.69 Å². The van der Waals surface area contributed by atoms with Crippen LogP contribution in [-0.2, 0) is 6.42 Å². The van der Waals surface area contributed by atoms with Gasteiger partial charge in [0.15, 0.2) is 11.9 Å². The first kappa shape index (κ1) is 14.5. The zero-order valence-electron chi connectivity index (χ0n) is 12.6. The van der Waals surface area contributed by atoms with Crippen molar-refractivity contribution >= 4 is 5.70 Å². The predicted octanol–water partition coefficient (Wildman–Crippen LogP) is 4.86. The minimum absolute atomic E-state index is 1.05. The van der Waals surface area contributed by atoms with Gasteiger partial charge in [-0.15, -0.1) is 0 Å². The smallest absolute Gasteiger partial charge is 0.165 e. The van der Waals surface area contributed by atoms with Crippen LogP contribution in [0.15, 0.2) is 55.2 Å². The molecular weight excluding hydrogens is 242 g/mol. The summed E-state index contributed by atoms with van der Waals surface area (Å²) in [6.45, 7) is 8.37. The molecule has 0 saturated heterocycles. The molecule has 20 heavy (non-hydrogen) atoms. The van der Waals surface area contributed by atoms with E-state index >= 15 is 0 Å². The maximum absolute atomic E-state index is 4.08. The molecule has 0 aliphatic carbocycles. The standard InChI is InChI=1S/C19H24N/c1-4-5-6-11-17-12-7-8-13-18(17)19-14-9-10-15-20(19)16(2)3/h7-10,12-15H,2,4-6,11H2,1,3H3/q+1. The number of aromatic nitrogens is 1. The topological polar surface area (TPSA) is 3.88 Å². The van der Waals surface area contributed by atoms with E-state index in [0.29, 0.717) is 0 Å². The van der Waals surface area contributed by atoms with Crippen molar-refractivity contribution in [2.75, 3.05) is 0 Å². The van der Waals surface area contributed by atoms with Crippen molar-refractivity contribution < 1.29 is 4.57 Å². The highest BCUT2D eigenvalue weighted by atomic mass is 15.0. The summed E-state index contributed by atoms with van der Waals surface area (Å²) in [6.07, 6.45) is 7.05. The molecule has 0 saturated carbocycles. The van der Waals surface area contributed by atoms with Crippen LogP contribution in [0.3, 0.4) is 0 Å². The fourth-order valence-corrected chi connectivity index (χ4v) is 2.55. The number of hydrogen-bond acceptors (Lipinski definition) is 0. The van der Waals surface area contributed by atoms with Crippen LogP contribution in [0.5, 0.6) is 0 Å². The average Bonchev–Trinajstić information content (AvgIpc) is 2.48. The summed E-state index contributed by atoms with van der Waals surface area (Å²) in [5, 5.41) is 0. The summed E-state index contributed by atoms with van der Waals surface area (Å²) in [6, 6.07) is 15.0. The normalized spacial score (nSPS) is 10.5. The number of allylic oxidation sites excluding steroid dienone is 1. The molecule has 0 bridgehead atoms. The van der Waals surface area contributed by atoms with Gasteiger partial charge < -0.3 is 0 Å². The predicted molar refractivity (Wildman–Crippen MR) is 86.3 cm³/mol. The third kappa shape index (κ3) is 3.36. The van der Waals surface area contributed by atoms with E-state index in [0.717, 1.165) is 12.1 Å². The second kappa shape index (κ2) is 7.04. The molecule has 1 nitrogen and oxygen atoms in total. The Morgan fingerprint density at radius 1 is 1.05 bits per heavy atom. The molecule has 0 atom stereocenters. The lowest BCUT2D eigenvalue weighted by molar-refractivity contribution is -0.569. The molecule has 1 heteroatoms. The van der Waals surface area contributed by atoms with Crippen molar-refractivity contribution in [1.29, 1.82) is 0 Å².